The zero-order valence-electron chi connectivity index (χ0n) is 7.16. The summed E-state index contributed by atoms with van der Waals surface area (Å²) in [6.07, 6.45) is 1.11. The molecule has 1 rings (SSSR count). The predicted molar refractivity (Wildman–Crippen MR) is 40.1 cm³/mol. The number of hydrogen-bond acceptors (Lipinski definition) is 3. The van der Waals surface area contributed by atoms with Crippen molar-refractivity contribution in [1.29, 1.82) is 0 Å². The van der Waals surface area contributed by atoms with Crippen LogP contribution < -0.4 is 0 Å². The van der Waals surface area contributed by atoms with Crippen molar-refractivity contribution in [3.8, 4) is 0 Å². The standard InChI is InChI=1S/C8H14O3/c1-8(2)4-7(10-3)11-6(8)5-9/h5-7H,4H2,1-3H3. The maximum Gasteiger partial charge on any atom is 0.158 e. The van der Waals surface area contributed by atoms with Crippen LogP contribution in [-0.4, -0.2) is 25.8 Å². The van der Waals surface area contributed by atoms with Crippen LogP contribution in [0.5, 0.6) is 0 Å². The second kappa shape index (κ2) is 2.91. The molecule has 1 fully saturated rings. The summed E-state index contributed by atoms with van der Waals surface area (Å²) < 4.78 is 10.3. The summed E-state index contributed by atoms with van der Waals surface area (Å²) in [5.41, 5.74) is -0.0809. The van der Waals surface area contributed by atoms with Crippen molar-refractivity contribution in [1.82, 2.24) is 0 Å². The molecule has 0 amide bonds. The van der Waals surface area contributed by atoms with Gasteiger partial charge in [0.05, 0.1) is 0 Å². The van der Waals surface area contributed by atoms with Gasteiger partial charge in [-0.25, -0.2) is 0 Å². The topological polar surface area (TPSA) is 35.5 Å². The highest BCUT2D eigenvalue weighted by Crippen LogP contribution is 2.36. The zero-order valence-corrected chi connectivity index (χ0v) is 7.16. The second-order valence-electron chi connectivity index (χ2n) is 3.55. The van der Waals surface area contributed by atoms with Gasteiger partial charge in [-0.2, -0.15) is 0 Å². The third kappa shape index (κ3) is 1.60. The summed E-state index contributed by atoms with van der Waals surface area (Å²) in [5, 5.41) is 0. The van der Waals surface area contributed by atoms with Crippen LogP contribution in [0.4, 0.5) is 0 Å². The highest BCUT2D eigenvalue weighted by molar-refractivity contribution is 5.58. The maximum absolute atomic E-state index is 10.5. The number of hydrogen-bond donors (Lipinski definition) is 0. The van der Waals surface area contributed by atoms with E-state index in [4.69, 9.17) is 9.47 Å². The van der Waals surface area contributed by atoms with Crippen molar-refractivity contribution in [3.63, 3.8) is 0 Å². The molecule has 2 atom stereocenters. The van der Waals surface area contributed by atoms with E-state index in [9.17, 15) is 4.79 Å². The van der Waals surface area contributed by atoms with Gasteiger partial charge in [-0.05, 0) is 0 Å². The lowest BCUT2D eigenvalue weighted by Gasteiger charge is -2.18. The number of methoxy groups -OCH3 is 1. The fourth-order valence-electron chi connectivity index (χ4n) is 1.30. The molecular weight excluding hydrogens is 144 g/mol. The van der Waals surface area contributed by atoms with Crippen molar-refractivity contribution >= 4 is 6.29 Å². The summed E-state index contributed by atoms with van der Waals surface area (Å²) >= 11 is 0. The van der Waals surface area contributed by atoms with Gasteiger partial charge in [-0.15, -0.1) is 0 Å². The molecule has 0 saturated carbocycles. The minimum Gasteiger partial charge on any atom is -0.356 e. The molecule has 3 nitrogen and oxygen atoms in total. The van der Waals surface area contributed by atoms with Crippen molar-refractivity contribution in [3.05, 3.63) is 0 Å². The molecule has 11 heavy (non-hydrogen) atoms. The van der Waals surface area contributed by atoms with Gasteiger partial charge in [0.2, 0.25) is 0 Å². The molecule has 0 aromatic rings. The van der Waals surface area contributed by atoms with E-state index >= 15 is 0 Å². The Bertz CT molecular complexity index is 153. The Hall–Kier alpha value is -0.410. The first-order chi connectivity index (χ1) is 5.10. The molecule has 0 N–H and O–H groups in total. The molecule has 0 aromatic heterocycles. The van der Waals surface area contributed by atoms with Crippen LogP contribution in [0, 0.1) is 5.41 Å². The predicted octanol–water partition coefficient (Wildman–Crippen LogP) is 0.973. The lowest BCUT2D eigenvalue weighted by molar-refractivity contribution is -0.138. The minimum atomic E-state index is -0.313. The molecule has 1 aliphatic rings. The SMILES string of the molecule is COC1CC(C)(C)C(C=O)O1. The molecule has 3 heteroatoms. The Balaban J connectivity index is 2.62. The zero-order chi connectivity index (χ0) is 8.48. The molecule has 1 aliphatic heterocycles. The number of carbonyl (C=O) groups is 1. The van der Waals surface area contributed by atoms with Crippen LogP contribution in [0.2, 0.25) is 0 Å². The number of ether oxygens (including phenoxy) is 2. The van der Waals surface area contributed by atoms with Gasteiger partial charge < -0.3 is 14.3 Å². The number of rotatable bonds is 2. The van der Waals surface area contributed by atoms with Crippen LogP contribution in [0.25, 0.3) is 0 Å². The van der Waals surface area contributed by atoms with E-state index in [0.717, 1.165) is 12.7 Å². The second-order valence-corrected chi connectivity index (χ2v) is 3.55. The Labute approximate surface area is 66.7 Å². The molecule has 1 saturated heterocycles. The number of carbonyl (C=O) groups excluding carboxylic acids is 1. The fraction of sp³-hybridized carbons (Fsp3) is 0.875. The van der Waals surface area contributed by atoms with Gasteiger partial charge in [0.15, 0.2) is 6.29 Å². The van der Waals surface area contributed by atoms with Crippen LogP contribution in [0.15, 0.2) is 0 Å². The summed E-state index contributed by atoms with van der Waals surface area (Å²) in [6.45, 7) is 4.01. The van der Waals surface area contributed by atoms with Crippen LogP contribution in [0.3, 0.4) is 0 Å². The lowest BCUT2D eigenvalue weighted by Crippen LogP contribution is -2.25. The summed E-state index contributed by atoms with van der Waals surface area (Å²) in [6, 6.07) is 0. The third-order valence-electron chi connectivity index (χ3n) is 2.15. The molecular formula is C8H14O3. The van der Waals surface area contributed by atoms with Crippen molar-refractivity contribution in [2.24, 2.45) is 5.41 Å². The van der Waals surface area contributed by atoms with Crippen molar-refractivity contribution < 1.29 is 14.3 Å². The fourth-order valence-corrected chi connectivity index (χ4v) is 1.30. The van der Waals surface area contributed by atoms with E-state index in [0.29, 0.717) is 0 Å². The molecule has 0 bridgehead atoms. The lowest BCUT2D eigenvalue weighted by atomic mass is 9.86. The number of aldehydes is 1. The average Bonchev–Trinajstić information content (AvgIpc) is 2.24. The normalized spacial score (nSPS) is 35.5. The van der Waals surface area contributed by atoms with E-state index in [1.807, 2.05) is 13.8 Å². The smallest absolute Gasteiger partial charge is 0.158 e. The van der Waals surface area contributed by atoms with Gasteiger partial charge in [0.1, 0.15) is 12.4 Å². The van der Waals surface area contributed by atoms with E-state index in [2.05, 4.69) is 0 Å². The van der Waals surface area contributed by atoms with Gasteiger partial charge in [-0.1, -0.05) is 13.8 Å². The van der Waals surface area contributed by atoms with Gasteiger partial charge >= 0.3 is 0 Å². The molecule has 1 heterocycles. The molecule has 0 radical (unpaired) electrons. The van der Waals surface area contributed by atoms with E-state index in [-0.39, 0.29) is 17.8 Å². The van der Waals surface area contributed by atoms with Crippen molar-refractivity contribution in [2.75, 3.05) is 7.11 Å². The largest absolute Gasteiger partial charge is 0.356 e. The Morgan fingerprint density at radius 2 is 2.27 bits per heavy atom. The van der Waals surface area contributed by atoms with Crippen molar-refractivity contribution in [2.45, 2.75) is 32.7 Å². The highest BCUT2D eigenvalue weighted by atomic mass is 16.7. The van der Waals surface area contributed by atoms with Crippen LogP contribution in [0.1, 0.15) is 20.3 Å². The summed E-state index contributed by atoms with van der Waals surface area (Å²) in [7, 11) is 1.59. The third-order valence-corrected chi connectivity index (χ3v) is 2.15. The maximum atomic E-state index is 10.5. The highest BCUT2D eigenvalue weighted by Gasteiger charge is 2.41. The van der Waals surface area contributed by atoms with Gasteiger partial charge in [0.25, 0.3) is 0 Å². The first kappa shape index (κ1) is 8.68. The first-order valence-electron chi connectivity index (χ1n) is 3.73. The molecule has 2 unspecified atom stereocenters. The molecule has 0 spiro atoms. The van der Waals surface area contributed by atoms with Crippen LogP contribution >= 0.6 is 0 Å². The van der Waals surface area contributed by atoms with E-state index < -0.39 is 0 Å². The first-order valence-corrected chi connectivity index (χ1v) is 3.73. The monoisotopic (exact) mass is 158 g/mol. The minimum absolute atomic E-state index is 0.0809. The molecule has 0 aliphatic carbocycles. The quantitative estimate of drug-likeness (QED) is 0.562. The van der Waals surface area contributed by atoms with Gasteiger partial charge in [0, 0.05) is 18.9 Å². The average molecular weight is 158 g/mol. The van der Waals surface area contributed by atoms with Gasteiger partial charge in [-0.3, -0.25) is 0 Å². The summed E-state index contributed by atoms with van der Waals surface area (Å²) in [5.74, 6) is 0. The molecule has 64 valence electrons. The summed E-state index contributed by atoms with van der Waals surface area (Å²) in [4.78, 5) is 10.5. The van der Waals surface area contributed by atoms with E-state index in [1.54, 1.807) is 7.11 Å². The Kier molecular flexibility index (Phi) is 2.30. The van der Waals surface area contributed by atoms with Crippen LogP contribution in [-0.2, 0) is 14.3 Å². The molecule has 0 aromatic carbocycles. The Morgan fingerprint density at radius 1 is 1.64 bits per heavy atom. The van der Waals surface area contributed by atoms with E-state index in [1.165, 1.54) is 0 Å². The Morgan fingerprint density at radius 3 is 2.55 bits per heavy atom.